The summed E-state index contributed by atoms with van der Waals surface area (Å²) in [5.74, 6) is -3.28. The third-order valence-electron chi connectivity index (χ3n) is 4.42. The highest BCUT2D eigenvalue weighted by Gasteiger charge is 2.39. The largest absolute Gasteiger partial charge is 0.366 e. The van der Waals surface area contributed by atoms with E-state index in [1.165, 1.54) is 12.1 Å². The van der Waals surface area contributed by atoms with Crippen molar-refractivity contribution >= 4 is 29.1 Å². The van der Waals surface area contributed by atoms with Crippen LogP contribution in [0.2, 0.25) is 0 Å². The summed E-state index contributed by atoms with van der Waals surface area (Å²) >= 11 is 0. The van der Waals surface area contributed by atoms with Crippen LogP contribution in [0, 0.1) is 23.5 Å². The molecule has 3 rings (SSSR count). The number of rotatable bonds is 5. The van der Waals surface area contributed by atoms with Gasteiger partial charge in [0.15, 0.2) is 0 Å². The van der Waals surface area contributed by atoms with Crippen LogP contribution < -0.4 is 16.4 Å². The van der Waals surface area contributed by atoms with Crippen LogP contribution in [0.4, 0.5) is 20.2 Å². The lowest BCUT2D eigenvalue weighted by Gasteiger charge is -2.12. The van der Waals surface area contributed by atoms with Gasteiger partial charge in [-0.15, -0.1) is 0 Å². The van der Waals surface area contributed by atoms with Gasteiger partial charge in [0, 0.05) is 11.6 Å². The van der Waals surface area contributed by atoms with Crippen LogP contribution in [0.5, 0.6) is 0 Å². The van der Waals surface area contributed by atoms with E-state index >= 15 is 0 Å². The van der Waals surface area contributed by atoms with E-state index in [1.807, 2.05) is 6.92 Å². The Kier molecular flexibility index (Phi) is 4.89. The number of hydrogen-bond donors (Lipinski definition) is 3. The zero-order chi connectivity index (χ0) is 19.7. The van der Waals surface area contributed by atoms with Crippen molar-refractivity contribution in [2.75, 3.05) is 10.6 Å². The Labute approximate surface area is 153 Å². The van der Waals surface area contributed by atoms with Crippen molar-refractivity contribution in [3.8, 4) is 0 Å². The van der Waals surface area contributed by atoms with Crippen LogP contribution in [0.3, 0.4) is 0 Å². The number of nitrogens with two attached hydrogens (primary N) is 1. The molecule has 0 aliphatic heterocycles. The molecule has 0 radical (unpaired) electrons. The van der Waals surface area contributed by atoms with Gasteiger partial charge in [0.2, 0.25) is 5.91 Å². The van der Waals surface area contributed by atoms with Crippen LogP contribution in [-0.4, -0.2) is 17.7 Å². The first-order valence-electron chi connectivity index (χ1n) is 8.27. The van der Waals surface area contributed by atoms with Crippen LogP contribution in [0.15, 0.2) is 36.4 Å². The van der Waals surface area contributed by atoms with Crippen molar-refractivity contribution in [1.82, 2.24) is 0 Å². The second-order valence-electron chi connectivity index (χ2n) is 6.51. The van der Waals surface area contributed by atoms with Crippen molar-refractivity contribution in [3.05, 3.63) is 59.2 Å². The highest BCUT2D eigenvalue weighted by molar-refractivity contribution is 6.10. The predicted molar refractivity (Wildman–Crippen MR) is 95.2 cm³/mol. The van der Waals surface area contributed by atoms with Gasteiger partial charge >= 0.3 is 0 Å². The fourth-order valence-electron chi connectivity index (χ4n) is 2.72. The van der Waals surface area contributed by atoms with E-state index in [1.54, 1.807) is 0 Å². The highest BCUT2D eigenvalue weighted by Crippen LogP contribution is 2.38. The second-order valence-corrected chi connectivity index (χ2v) is 6.51. The molecule has 3 amide bonds. The molecule has 0 unspecified atom stereocenters. The molecule has 1 fully saturated rings. The van der Waals surface area contributed by atoms with Crippen molar-refractivity contribution < 1.29 is 23.2 Å². The quantitative estimate of drug-likeness (QED) is 0.751. The molecule has 27 heavy (non-hydrogen) atoms. The van der Waals surface area contributed by atoms with Gasteiger partial charge in [0.1, 0.15) is 11.6 Å². The van der Waals surface area contributed by atoms with Crippen LogP contribution in [0.1, 0.15) is 34.1 Å². The Morgan fingerprint density at radius 2 is 1.74 bits per heavy atom. The first-order chi connectivity index (χ1) is 12.8. The lowest BCUT2D eigenvalue weighted by Crippen LogP contribution is -2.20. The van der Waals surface area contributed by atoms with E-state index < -0.39 is 23.4 Å². The number of primary amides is 1. The third kappa shape index (κ3) is 4.11. The van der Waals surface area contributed by atoms with Gasteiger partial charge in [-0.1, -0.05) is 6.92 Å². The Bertz CT molecular complexity index is 946. The number of anilines is 2. The third-order valence-corrected chi connectivity index (χ3v) is 4.42. The van der Waals surface area contributed by atoms with E-state index in [0.29, 0.717) is 0 Å². The highest BCUT2D eigenvalue weighted by atomic mass is 19.1. The molecule has 0 heterocycles. The van der Waals surface area contributed by atoms with Crippen molar-refractivity contribution in [2.45, 2.75) is 13.3 Å². The molecule has 8 heteroatoms. The van der Waals surface area contributed by atoms with Gasteiger partial charge in [-0.05, 0) is 48.7 Å². The monoisotopic (exact) mass is 373 g/mol. The summed E-state index contributed by atoms with van der Waals surface area (Å²) < 4.78 is 27.2. The molecular formula is C19H17F2N3O3. The zero-order valence-corrected chi connectivity index (χ0v) is 14.4. The van der Waals surface area contributed by atoms with Crippen molar-refractivity contribution in [2.24, 2.45) is 17.6 Å². The number of hydrogen-bond acceptors (Lipinski definition) is 3. The number of carbonyl (C=O) groups excluding carboxylic acids is 3. The average molecular weight is 373 g/mol. The summed E-state index contributed by atoms with van der Waals surface area (Å²) in [6.45, 7) is 1.94. The normalized spacial score (nSPS) is 17.9. The van der Waals surface area contributed by atoms with Crippen LogP contribution >= 0.6 is 0 Å². The number of amides is 3. The Morgan fingerprint density at radius 3 is 2.37 bits per heavy atom. The maximum Gasteiger partial charge on any atom is 0.257 e. The lowest BCUT2D eigenvalue weighted by molar-refractivity contribution is -0.117. The summed E-state index contributed by atoms with van der Waals surface area (Å²) in [6, 6.07) is 6.72. The molecule has 6 nitrogen and oxygen atoms in total. The van der Waals surface area contributed by atoms with Crippen LogP contribution in [0.25, 0.3) is 0 Å². The fraction of sp³-hybridized carbons (Fsp3) is 0.211. The molecule has 4 N–H and O–H groups in total. The van der Waals surface area contributed by atoms with Gasteiger partial charge in [-0.3, -0.25) is 14.4 Å². The molecule has 0 bridgehead atoms. The van der Waals surface area contributed by atoms with Crippen molar-refractivity contribution in [3.63, 3.8) is 0 Å². The maximum absolute atomic E-state index is 13.6. The first-order valence-corrected chi connectivity index (χ1v) is 8.27. The smallest absolute Gasteiger partial charge is 0.257 e. The lowest BCUT2D eigenvalue weighted by atomic mass is 10.1. The molecule has 1 aliphatic carbocycles. The molecule has 0 saturated heterocycles. The number of nitrogens with one attached hydrogen (secondary N) is 2. The van der Waals surface area contributed by atoms with Gasteiger partial charge < -0.3 is 16.4 Å². The minimum Gasteiger partial charge on any atom is -0.366 e. The molecule has 2 aromatic carbocycles. The number of benzene rings is 2. The van der Waals surface area contributed by atoms with E-state index in [0.717, 1.165) is 30.7 Å². The van der Waals surface area contributed by atoms with Gasteiger partial charge in [-0.2, -0.15) is 0 Å². The van der Waals surface area contributed by atoms with Crippen molar-refractivity contribution in [1.29, 1.82) is 0 Å². The minimum atomic E-state index is -0.985. The number of carbonyl (C=O) groups is 3. The van der Waals surface area contributed by atoms with E-state index in [2.05, 4.69) is 10.6 Å². The summed E-state index contributed by atoms with van der Waals surface area (Å²) in [4.78, 5) is 35.9. The summed E-state index contributed by atoms with van der Waals surface area (Å²) in [7, 11) is 0. The second kappa shape index (κ2) is 7.14. The van der Waals surface area contributed by atoms with E-state index in [4.69, 9.17) is 5.73 Å². The van der Waals surface area contributed by atoms with Crippen LogP contribution in [-0.2, 0) is 4.79 Å². The average Bonchev–Trinajstić information content (AvgIpc) is 3.34. The van der Waals surface area contributed by atoms with Gasteiger partial charge in [0.25, 0.3) is 11.8 Å². The fourth-order valence-corrected chi connectivity index (χ4v) is 2.72. The molecule has 1 aliphatic rings. The topological polar surface area (TPSA) is 101 Å². The molecule has 2 atom stereocenters. The maximum atomic E-state index is 13.6. The number of halogens is 2. The molecule has 2 aromatic rings. The first kappa shape index (κ1) is 18.5. The summed E-state index contributed by atoms with van der Waals surface area (Å²) in [5.41, 5.74) is 4.87. The molecule has 0 spiro atoms. The molecule has 1 saturated carbocycles. The molecular weight excluding hydrogens is 356 g/mol. The van der Waals surface area contributed by atoms with Gasteiger partial charge in [-0.25, -0.2) is 8.78 Å². The predicted octanol–water partition coefficient (Wildman–Crippen LogP) is 2.91. The SMILES string of the molecule is C[C@H]1C[C@@H]1C(=O)Nc1ccc(F)cc1C(=O)Nc1ccc(F)c(C(N)=O)c1. The Hall–Kier alpha value is -3.29. The zero-order valence-electron chi connectivity index (χ0n) is 14.4. The minimum absolute atomic E-state index is 0.0957. The Morgan fingerprint density at radius 1 is 1.04 bits per heavy atom. The molecule has 140 valence electrons. The summed E-state index contributed by atoms with van der Waals surface area (Å²) in [5, 5.41) is 5.08. The summed E-state index contributed by atoms with van der Waals surface area (Å²) in [6.07, 6.45) is 0.764. The standard InChI is InChI=1S/C19H17F2N3O3/c1-9-6-12(9)18(26)24-16-5-2-10(20)7-14(16)19(27)23-11-3-4-15(21)13(8-11)17(22)25/h2-5,7-9,12H,6H2,1H3,(H2,22,25)(H,23,27)(H,24,26)/t9-,12-/m0/s1. The Balaban J connectivity index is 1.84. The molecule has 0 aromatic heterocycles. The van der Waals surface area contributed by atoms with E-state index in [9.17, 15) is 23.2 Å². The van der Waals surface area contributed by atoms with E-state index in [-0.39, 0.29) is 40.2 Å². The van der Waals surface area contributed by atoms with Gasteiger partial charge in [0.05, 0.1) is 16.8 Å².